The molecular weight excluding hydrogens is 238 g/mol. The monoisotopic (exact) mass is 265 g/mol. The molecule has 2 unspecified atom stereocenters. The lowest BCUT2D eigenvalue weighted by Gasteiger charge is -2.35. The first-order valence-corrected chi connectivity index (χ1v) is 8.32. The van der Waals surface area contributed by atoms with Crippen LogP contribution >= 0.6 is 11.3 Å². The van der Waals surface area contributed by atoms with Crippen molar-refractivity contribution >= 4 is 11.3 Å². The highest BCUT2D eigenvalue weighted by Gasteiger charge is 2.39. The first-order valence-electron chi connectivity index (χ1n) is 7.38. The van der Waals surface area contributed by atoms with E-state index in [1.54, 1.807) is 0 Å². The van der Waals surface area contributed by atoms with E-state index >= 15 is 0 Å². The molecule has 102 valence electrons. The summed E-state index contributed by atoms with van der Waals surface area (Å²) in [5, 5.41) is 8.32. The van der Waals surface area contributed by atoms with Crippen molar-refractivity contribution in [2.75, 3.05) is 6.54 Å². The highest BCUT2D eigenvalue weighted by Crippen LogP contribution is 2.45. The maximum atomic E-state index is 3.81. The number of nitrogens with one attached hydrogen (secondary N) is 1. The zero-order valence-electron chi connectivity index (χ0n) is 12.0. The van der Waals surface area contributed by atoms with Crippen molar-refractivity contribution in [1.29, 1.82) is 0 Å². The van der Waals surface area contributed by atoms with Crippen LogP contribution in [0.5, 0.6) is 0 Å². The quantitative estimate of drug-likeness (QED) is 0.799. The molecule has 0 bridgehead atoms. The Morgan fingerprint density at radius 3 is 2.89 bits per heavy atom. The van der Waals surface area contributed by atoms with Crippen molar-refractivity contribution in [1.82, 2.24) is 5.32 Å². The Morgan fingerprint density at radius 2 is 2.33 bits per heavy atom. The van der Waals surface area contributed by atoms with Gasteiger partial charge < -0.3 is 5.32 Å². The minimum atomic E-state index is 0.515. The van der Waals surface area contributed by atoms with E-state index in [-0.39, 0.29) is 0 Å². The highest BCUT2D eigenvalue weighted by molar-refractivity contribution is 7.07. The van der Waals surface area contributed by atoms with Gasteiger partial charge in [0, 0.05) is 6.04 Å². The van der Waals surface area contributed by atoms with Crippen LogP contribution in [-0.4, -0.2) is 12.6 Å². The van der Waals surface area contributed by atoms with E-state index in [1.807, 2.05) is 11.3 Å². The van der Waals surface area contributed by atoms with Crippen molar-refractivity contribution in [3.05, 3.63) is 22.4 Å². The zero-order chi connectivity index (χ0) is 13.0. The van der Waals surface area contributed by atoms with Gasteiger partial charge in [0.1, 0.15) is 0 Å². The van der Waals surface area contributed by atoms with E-state index in [0.717, 1.165) is 12.5 Å². The molecule has 1 saturated carbocycles. The van der Waals surface area contributed by atoms with Gasteiger partial charge in [-0.05, 0) is 66.0 Å². The summed E-state index contributed by atoms with van der Waals surface area (Å²) in [6.07, 6.45) is 6.64. The van der Waals surface area contributed by atoms with Gasteiger partial charge in [0.2, 0.25) is 0 Å². The lowest BCUT2D eigenvalue weighted by Crippen LogP contribution is -2.42. The van der Waals surface area contributed by atoms with Crippen LogP contribution in [0.3, 0.4) is 0 Å². The number of hydrogen-bond acceptors (Lipinski definition) is 2. The van der Waals surface area contributed by atoms with Crippen LogP contribution in [0.25, 0.3) is 0 Å². The number of thiophene rings is 1. The molecule has 1 heterocycles. The van der Waals surface area contributed by atoms with Crippen LogP contribution in [0.1, 0.15) is 52.0 Å². The van der Waals surface area contributed by atoms with Crippen LogP contribution in [0, 0.1) is 11.3 Å². The maximum absolute atomic E-state index is 3.81. The van der Waals surface area contributed by atoms with Crippen molar-refractivity contribution in [3.63, 3.8) is 0 Å². The molecule has 1 fully saturated rings. The molecule has 0 aromatic carbocycles. The van der Waals surface area contributed by atoms with Crippen LogP contribution in [0.4, 0.5) is 0 Å². The molecule has 1 aliphatic carbocycles. The molecule has 2 atom stereocenters. The van der Waals surface area contributed by atoms with Gasteiger partial charge in [-0.15, -0.1) is 0 Å². The molecule has 1 aliphatic rings. The van der Waals surface area contributed by atoms with E-state index in [1.165, 1.54) is 37.7 Å². The first kappa shape index (κ1) is 14.1. The van der Waals surface area contributed by atoms with Crippen molar-refractivity contribution in [2.24, 2.45) is 11.3 Å². The van der Waals surface area contributed by atoms with Crippen LogP contribution in [0.2, 0.25) is 0 Å². The molecule has 1 aromatic heterocycles. The normalized spacial score (nSPS) is 24.3. The Morgan fingerprint density at radius 1 is 1.50 bits per heavy atom. The fourth-order valence-electron chi connectivity index (χ4n) is 3.45. The molecule has 0 radical (unpaired) electrons. The summed E-state index contributed by atoms with van der Waals surface area (Å²) in [6.45, 7) is 8.33. The summed E-state index contributed by atoms with van der Waals surface area (Å²) in [6, 6.07) is 2.95. The third-order valence-corrected chi connectivity index (χ3v) is 5.25. The Kier molecular flexibility index (Phi) is 4.85. The third kappa shape index (κ3) is 3.36. The largest absolute Gasteiger partial charge is 0.313 e. The van der Waals surface area contributed by atoms with Gasteiger partial charge in [0.15, 0.2) is 0 Å². The molecule has 0 saturated heterocycles. The molecule has 0 spiro atoms. The zero-order valence-corrected chi connectivity index (χ0v) is 12.9. The Hall–Kier alpha value is -0.340. The van der Waals surface area contributed by atoms with E-state index in [2.05, 4.69) is 42.9 Å². The fourth-order valence-corrected chi connectivity index (χ4v) is 4.13. The Bertz CT molecular complexity index is 342. The van der Waals surface area contributed by atoms with E-state index in [9.17, 15) is 0 Å². The second kappa shape index (κ2) is 6.21. The van der Waals surface area contributed by atoms with Gasteiger partial charge in [-0.1, -0.05) is 27.2 Å². The minimum absolute atomic E-state index is 0.515. The third-order valence-electron chi connectivity index (χ3n) is 4.52. The predicted molar refractivity (Wildman–Crippen MR) is 81.2 cm³/mol. The Balaban J connectivity index is 2.04. The molecule has 1 N–H and O–H groups in total. The van der Waals surface area contributed by atoms with Crippen molar-refractivity contribution < 1.29 is 0 Å². The lowest BCUT2D eigenvalue weighted by atomic mass is 9.76. The summed E-state index contributed by atoms with van der Waals surface area (Å²) in [5.74, 6) is 0.837. The van der Waals surface area contributed by atoms with Crippen LogP contribution in [-0.2, 0) is 6.42 Å². The molecule has 2 rings (SSSR count). The highest BCUT2D eigenvalue weighted by atomic mass is 32.1. The second-order valence-electron chi connectivity index (χ2n) is 6.38. The van der Waals surface area contributed by atoms with Gasteiger partial charge in [-0.3, -0.25) is 0 Å². The number of hydrogen-bond donors (Lipinski definition) is 1. The molecule has 1 aromatic rings. The lowest BCUT2D eigenvalue weighted by molar-refractivity contribution is 0.196. The van der Waals surface area contributed by atoms with Gasteiger partial charge in [0.25, 0.3) is 0 Å². The Labute approximate surface area is 116 Å². The molecule has 0 aliphatic heterocycles. The SMILES string of the molecule is CCCNC(Cc1ccsc1)C1CCCC1(C)C. The van der Waals surface area contributed by atoms with Gasteiger partial charge in [0.05, 0.1) is 0 Å². The fraction of sp³-hybridized carbons (Fsp3) is 0.750. The smallest absolute Gasteiger partial charge is 0.0141 e. The molecule has 1 nitrogen and oxygen atoms in total. The molecule has 18 heavy (non-hydrogen) atoms. The van der Waals surface area contributed by atoms with Gasteiger partial charge in [-0.2, -0.15) is 11.3 Å². The standard InChI is InChI=1S/C16H27NS/c1-4-9-17-15(11-13-7-10-18-12-13)14-6-5-8-16(14,2)3/h7,10,12,14-15,17H,4-6,8-9,11H2,1-3H3. The molecule has 2 heteroatoms. The van der Waals surface area contributed by atoms with Gasteiger partial charge in [-0.25, -0.2) is 0 Å². The van der Waals surface area contributed by atoms with Crippen molar-refractivity contribution in [2.45, 2.75) is 58.9 Å². The molecular formula is C16H27NS. The van der Waals surface area contributed by atoms with Crippen LogP contribution in [0.15, 0.2) is 16.8 Å². The van der Waals surface area contributed by atoms with E-state index in [0.29, 0.717) is 11.5 Å². The van der Waals surface area contributed by atoms with Gasteiger partial charge >= 0.3 is 0 Å². The predicted octanol–water partition coefficient (Wildman–Crippen LogP) is 4.49. The topological polar surface area (TPSA) is 12.0 Å². The minimum Gasteiger partial charge on any atom is -0.313 e. The average Bonchev–Trinajstić information content (AvgIpc) is 2.93. The summed E-state index contributed by atoms with van der Waals surface area (Å²) in [7, 11) is 0. The van der Waals surface area contributed by atoms with Crippen molar-refractivity contribution in [3.8, 4) is 0 Å². The van der Waals surface area contributed by atoms with E-state index < -0.39 is 0 Å². The number of rotatable bonds is 6. The first-order chi connectivity index (χ1) is 8.63. The summed E-state index contributed by atoms with van der Waals surface area (Å²) in [5.41, 5.74) is 2.03. The summed E-state index contributed by atoms with van der Waals surface area (Å²) < 4.78 is 0. The maximum Gasteiger partial charge on any atom is 0.0141 e. The summed E-state index contributed by atoms with van der Waals surface area (Å²) in [4.78, 5) is 0. The molecule has 0 amide bonds. The summed E-state index contributed by atoms with van der Waals surface area (Å²) >= 11 is 1.82. The average molecular weight is 265 g/mol. The second-order valence-corrected chi connectivity index (χ2v) is 7.16. The van der Waals surface area contributed by atoms with Crippen LogP contribution < -0.4 is 5.32 Å². The van der Waals surface area contributed by atoms with E-state index in [4.69, 9.17) is 0 Å².